The molecule has 0 amide bonds. The van der Waals surface area contributed by atoms with Crippen LogP contribution in [0.4, 0.5) is 5.82 Å². The number of hydrogen-bond acceptors (Lipinski definition) is 4. The Bertz CT molecular complexity index is 535. The van der Waals surface area contributed by atoms with Crippen molar-refractivity contribution in [1.29, 1.82) is 0 Å². The topological polar surface area (TPSA) is 55.6 Å². The minimum Gasteiger partial charge on any atom is -0.362 e. The van der Waals surface area contributed by atoms with Crippen molar-refractivity contribution in [2.24, 2.45) is 7.05 Å². The number of nitrogens with one attached hydrogen (secondary N) is 1. The predicted octanol–water partition coefficient (Wildman–Crippen LogP) is 2.60. The first-order chi connectivity index (χ1) is 8.59. The van der Waals surface area contributed by atoms with Crippen LogP contribution in [0.5, 0.6) is 0 Å². The van der Waals surface area contributed by atoms with Gasteiger partial charge >= 0.3 is 0 Å². The van der Waals surface area contributed by atoms with Gasteiger partial charge < -0.3 is 9.88 Å². The number of halogens is 1. The van der Waals surface area contributed by atoms with Crippen molar-refractivity contribution >= 4 is 17.4 Å². The zero-order chi connectivity index (χ0) is 13.1. The number of imidazole rings is 1. The van der Waals surface area contributed by atoms with E-state index in [0.29, 0.717) is 11.7 Å². The molecule has 2 aromatic heterocycles. The van der Waals surface area contributed by atoms with E-state index in [2.05, 4.69) is 34.1 Å². The molecule has 2 rings (SSSR count). The van der Waals surface area contributed by atoms with Gasteiger partial charge in [0.15, 0.2) is 0 Å². The zero-order valence-corrected chi connectivity index (χ0v) is 11.4. The normalized spacial score (nSPS) is 10.9. The number of anilines is 1. The summed E-state index contributed by atoms with van der Waals surface area (Å²) < 4.78 is 1.96. The van der Waals surface area contributed by atoms with E-state index in [1.165, 1.54) is 6.33 Å². The van der Waals surface area contributed by atoms with Gasteiger partial charge in [0, 0.05) is 25.0 Å². The fourth-order valence-electron chi connectivity index (χ4n) is 1.76. The third kappa shape index (κ3) is 2.61. The highest BCUT2D eigenvalue weighted by molar-refractivity contribution is 6.30. The molecule has 0 unspecified atom stereocenters. The summed E-state index contributed by atoms with van der Waals surface area (Å²) in [5, 5.41) is 3.76. The van der Waals surface area contributed by atoms with Gasteiger partial charge in [0.05, 0.1) is 6.54 Å². The highest BCUT2D eigenvalue weighted by atomic mass is 35.5. The molecule has 0 atom stereocenters. The summed E-state index contributed by atoms with van der Waals surface area (Å²) in [6, 6.07) is 0. The first kappa shape index (κ1) is 12.8. The summed E-state index contributed by atoms with van der Waals surface area (Å²) in [6.07, 6.45) is 5.15. The number of nitrogens with zero attached hydrogens (tertiary/aromatic N) is 4. The fraction of sp³-hybridized carbons (Fsp3) is 0.417. The maximum Gasteiger partial charge on any atom is 0.138 e. The Hall–Kier alpha value is -1.62. The molecule has 0 fully saturated rings. The minimum atomic E-state index is 0.266. The van der Waals surface area contributed by atoms with E-state index in [0.717, 1.165) is 17.2 Å². The first-order valence-corrected chi connectivity index (χ1v) is 6.18. The first-order valence-electron chi connectivity index (χ1n) is 5.80. The summed E-state index contributed by atoms with van der Waals surface area (Å²) >= 11 is 6.10. The van der Waals surface area contributed by atoms with Crippen LogP contribution in [0.15, 0.2) is 18.7 Å². The third-order valence-corrected chi connectivity index (χ3v) is 3.05. The van der Waals surface area contributed by atoms with Gasteiger partial charge in [0.2, 0.25) is 0 Å². The Labute approximate surface area is 111 Å². The highest BCUT2D eigenvalue weighted by Crippen LogP contribution is 2.27. The van der Waals surface area contributed by atoms with E-state index >= 15 is 0 Å². The number of hydrogen-bond donors (Lipinski definition) is 1. The van der Waals surface area contributed by atoms with E-state index in [9.17, 15) is 0 Å². The molecular weight excluding hydrogens is 250 g/mol. The van der Waals surface area contributed by atoms with E-state index in [4.69, 9.17) is 11.6 Å². The lowest BCUT2D eigenvalue weighted by Gasteiger charge is -2.14. The second-order valence-electron chi connectivity index (χ2n) is 4.39. The smallest absolute Gasteiger partial charge is 0.138 e. The Morgan fingerprint density at radius 3 is 2.72 bits per heavy atom. The molecule has 0 aliphatic rings. The van der Waals surface area contributed by atoms with Crippen molar-refractivity contribution < 1.29 is 0 Å². The van der Waals surface area contributed by atoms with Gasteiger partial charge in [-0.2, -0.15) is 0 Å². The van der Waals surface area contributed by atoms with Crippen LogP contribution in [0.2, 0.25) is 5.15 Å². The molecule has 0 saturated carbocycles. The molecule has 0 radical (unpaired) electrons. The van der Waals surface area contributed by atoms with Crippen molar-refractivity contribution in [3.05, 3.63) is 35.3 Å². The van der Waals surface area contributed by atoms with Crippen molar-refractivity contribution in [2.45, 2.75) is 26.3 Å². The molecule has 0 aliphatic carbocycles. The summed E-state index contributed by atoms with van der Waals surface area (Å²) in [5.41, 5.74) is 0.938. The van der Waals surface area contributed by atoms with Crippen LogP contribution in [0.25, 0.3) is 0 Å². The minimum absolute atomic E-state index is 0.266. The Morgan fingerprint density at radius 1 is 1.33 bits per heavy atom. The lowest BCUT2D eigenvalue weighted by atomic mass is 10.1. The number of aromatic nitrogens is 4. The van der Waals surface area contributed by atoms with E-state index in [1.807, 2.05) is 17.8 Å². The van der Waals surface area contributed by atoms with Crippen molar-refractivity contribution in [1.82, 2.24) is 19.5 Å². The summed E-state index contributed by atoms with van der Waals surface area (Å²) in [4.78, 5) is 12.5. The van der Waals surface area contributed by atoms with Gasteiger partial charge in [-0.25, -0.2) is 15.0 Å². The van der Waals surface area contributed by atoms with Crippen LogP contribution in [-0.4, -0.2) is 19.5 Å². The van der Waals surface area contributed by atoms with Crippen molar-refractivity contribution in [2.75, 3.05) is 5.32 Å². The summed E-state index contributed by atoms with van der Waals surface area (Å²) in [7, 11) is 1.96. The van der Waals surface area contributed by atoms with Gasteiger partial charge in [-0.1, -0.05) is 25.4 Å². The van der Waals surface area contributed by atoms with Crippen LogP contribution in [-0.2, 0) is 13.6 Å². The van der Waals surface area contributed by atoms with Gasteiger partial charge in [0.1, 0.15) is 23.1 Å². The molecular formula is C12H16ClN5. The number of rotatable bonds is 4. The molecule has 0 bridgehead atoms. The average molecular weight is 266 g/mol. The fourth-order valence-corrected chi connectivity index (χ4v) is 2.11. The molecule has 0 aliphatic heterocycles. The molecule has 0 saturated heterocycles. The molecule has 0 aromatic carbocycles. The van der Waals surface area contributed by atoms with E-state index in [1.54, 1.807) is 6.20 Å². The molecule has 2 heterocycles. The molecule has 1 N–H and O–H groups in total. The summed E-state index contributed by atoms with van der Waals surface area (Å²) in [6.45, 7) is 4.74. The van der Waals surface area contributed by atoms with Gasteiger partial charge in [0.25, 0.3) is 0 Å². The molecule has 2 aromatic rings. The van der Waals surface area contributed by atoms with Gasteiger partial charge in [-0.05, 0) is 5.92 Å². The zero-order valence-electron chi connectivity index (χ0n) is 10.7. The van der Waals surface area contributed by atoms with Crippen LogP contribution in [0.1, 0.15) is 31.2 Å². The molecule has 5 nitrogen and oxygen atoms in total. The largest absolute Gasteiger partial charge is 0.362 e. The Balaban J connectivity index is 2.19. The lowest BCUT2D eigenvalue weighted by molar-refractivity contribution is 0.801. The Kier molecular flexibility index (Phi) is 3.81. The highest BCUT2D eigenvalue weighted by Gasteiger charge is 2.13. The molecule has 0 spiro atoms. The second kappa shape index (κ2) is 5.35. The van der Waals surface area contributed by atoms with Gasteiger partial charge in [-0.3, -0.25) is 0 Å². The lowest BCUT2D eigenvalue weighted by Crippen LogP contribution is -2.10. The third-order valence-electron chi connectivity index (χ3n) is 2.75. The van der Waals surface area contributed by atoms with Crippen LogP contribution in [0, 0.1) is 0 Å². The maximum atomic E-state index is 6.10. The molecule has 6 heteroatoms. The standard InChI is InChI=1S/C12H16ClN5/c1-8(2)10-11(13)16-7-17-12(10)15-6-9-14-4-5-18(9)3/h4-5,7-8H,6H2,1-3H3,(H,15,16,17). The molecule has 96 valence electrons. The van der Waals surface area contributed by atoms with E-state index in [-0.39, 0.29) is 5.92 Å². The van der Waals surface area contributed by atoms with E-state index < -0.39 is 0 Å². The Morgan fingerprint density at radius 2 is 2.11 bits per heavy atom. The van der Waals surface area contributed by atoms with Crippen LogP contribution >= 0.6 is 11.6 Å². The predicted molar refractivity (Wildman–Crippen MR) is 71.7 cm³/mol. The van der Waals surface area contributed by atoms with Gasteiger partial charge in [-0.15, -0.1) is 0 Å². The van der Waals surface area contributed by atoms with Crippen molar-refractivity contribution in [3.63, 3.8) is 0 Å². The molecule has 18 heavy (non-hydrogen) atoms. The monoisotopic (exact) mass is 265 g/mol. The summed E-state index contributed by atoms with van der Waals surface area (Å²) in [5.74, 6) is 1.98. The maximum absolute atomic E-state index is 6.10. The second-order valence-corrected chi connectivity index (χ2v) is 4.75. The average Bonchev–Trinajstić information content (AvgIpc) is 2.71. The van der Waals surface area contributed by atoms with Crippen LogP contribution < -0.4 is 5.32 Å². The number of aryl methyl sites for hydroxylation is 1. The SMILES string of the molecule is CC(C)c1c(Cl)ncnc1NCc1nccn1C. The quantitative estimate of drug-likeness (QED) is 0.864. The van der Waals surface area contributed by atoms with Crippen molar-refractivity contribution in [3.8, 4) is 0 Å². The van der Waals surface area contributed by atoms with Crippen LogP contribution in [0.3, 0.4) is 0 Å².